The van der Waals surface area contributed by atoms with Crippen LogP contribution in [-0.2, 0) is 9.53 Å². The summed E-state index contributed by atoms with van der Waals surface area (Å²) >= 11 is 0. The van der Waals surface area contributed by atoms with Crippen molar-refractivity contribution in [1.29, 1.82) is 0 Å². The number of ether oxygens (including phenoxy) is 1. The number of likely N-dealkylation sites (tertiary alicyclic amines) is 1. The van der Waals surface area contributed by atoms with Crippen molar-refractivity contribution in [3.05, 3.63) is 0 Å². The maximum atomic E-state index is 11.5. The number of carbonyl (C=O) groups excluding carboxylic acids is 1. The van der Waals surface area contributed by atoms with Gasteiger partial charge >= 0.3 is 5.97 Å². The smallest absolute Gasteiger partial charge is 0.320 e. The fourth-order valence-electron chi connectivity index (χ4n) is 1.96. The van der Waals surface area contributed by atoms with Gasteiger partial charge in [0.15, 0.2) is 0 Å². The topological polar surface area (TPSA) is 29.5 Å². The van der Waals surface area contributed by atoms with Crippen molar-refractivity contribution in [2.75, 3.05) is 19.6 Å². The largest absolute Gasteiger partial charge is 0.462 e. The predicted molar refractivity (Wildman–Crippen MR) is 60.7 cm³/mol. The Bertz CT molecular complexity index is 204. The van der Waals surface area contributed by atoms with E-state index in [-0.39, 0.29) is 12.1 Å². The monoisotopic (exact) mass is 213 g/mol. The molecule has 1 aliphatic heterocycles. The fraction of sp³-hybridized carbons (Fsp3) is 0.917. The van der Waals surface area contributed by atoms with Crippen LogP contribution in [0, 0.1) is 5.92 Å². The van der Waals surface area contributed by atoms with Crippen molar-refractivity contribution >= 4 is 5.97 Å². The van der Waals surface area contributed by atoms with E-state index in [4.69, 9.17) is 4.74 Å². The Morgan fingerprint density at radius 2 is 2.13 bits per heavy atom. The third-order valence-corrected chi connectivity index (χ3v) is 2.83. The lowest BCUT2D eigenvalue weighted by atomic mass is 10.0. The van der Waals surface area contributed by atoms with Crippen molar-refractivity contribution in [3.63, 3.8) is 0 Å². The minimum absolute atomic E-state index is 0.00315. The van der Waals surface area contributed by atoms with E-state index in [0.717, 1.165) is 19.0 Å². The van der Waals surface area contributed by atoms with E-state index in [1.807, 2.05) is 13.8 Å². The first kappa shape index (κ1) is 12.5. The molecule has 3 heteroatoms. The molecule has 1 unspecified atom stereocenters. The van der Waals surface area contributed by atoms with E-state index in [9.17, 15) is 4.79 Å². The van der Waals surface area contributed by atoms with Gasteiger partial charge in [0.05, 0.1) is 12.6 Å². The normalized spacial score (nSPS) is 23.9. The molecule has 0 aromatic heterocycles. The molecule has 15 heavy (non-hydrogen) atoms. The molecule has 0 aromatic carbocycles. The van der Waals surface area contributed by atoms with Crippen LogP contribution in [0.25, 0.3) is 0 Å². The van der Waals surface area contributed by atoms with Crippen molar-refractivity contribution in [1.82, 2.24) is 4.90 Å². The van der Waals surface area contributed by atoms with Gasteiger partial charge in [-0.1, -0.05) is 6.92 Å². The summed E-state index contributed by atoms with van der Waals surface area (Å²) in [6.45, 7) is 8.61. The van der Waals surface area contributed by atoms with Gasteiger partial charge in [-0.3, -0.25) is 9.69 Å². The van der Waals surface area contributed by atoms with Crippen LogP contribution in [0.1, 0.15) is 40.0 Å². The molecule has 0 radical (unpaired) electrons. The van der Waals surface area contributed by atoms with E-state index >= 15 is 0 Å². The Morgan fingerprint density at radius 1 is 1.40 bits per heavy atom. The van der Waals surface area contributed by atoms with Crippen molar-refractivity contribution in [3.8, 4) is 0 Å². The quantitative estimate of drug-likeness (QED) is 0.672. The second-order valence-electron chi connectivity index (χ2n) is 4.85. The molecule has 1 heterocycles. The van der Waals surface area contributed by atoms with Crippen LogP contribution in [0.15, 0.2) is 0 Å². The highest BCUT2D eigenvalue weighted by molar-refractivity contribution is 5.71. The zero-order chi connectivity index (χ0) is 11.3. The first-order valence-electron chi connectivity index (χ1n) is 5.99. The van der Waals surface area contributed by atoms with Gasteiger partial charge in [-0.05, 0) is 52.1 Å². The molecule has 1 rings (SSSR count). The van der Waals surface area contributed by atoms with Crippen LogP contribution in [0.5, 0.6) is 0 Å². The molecule has 0 saturated carbocycles. The third-order valence-electron chi connectivity index (χ3n) is 2.83. The zero-order valence-corrected chi connectivity index (χ0v) is 10.2. The highest BCUT2D eigenvalue weighted by atomic mass is 16.5. The second-order valence-corrected chi connectivity index (χ2v) is 4.85. The van der Waals surface area contributed by atoms with Crippen LogP contribution < -0.4 is 0 Å². The van der Waals surface area contributed by atoms with Gasteiger partial charge in [-0.25, -0.2) is 0 Å². The molecule has 1 atom stereocenters. The van der Waals surface area contributed by atoms with Crippen molar-refractivity contribution < 1.29 is 9.53 Å². The zero-order valence-electron chi connectivity index (χ0n) is 10.2. The van der Waals surface area contributed by atoms with Gasteiger partial charge in [0, 0.05) is 0 Å². The molecule has 3 nitrogen and oxygen atoms in total. The molecule has 0 spiro atoms. The maximum absolute atomic E-state index is 11.5. The number of rotatable bonds is 3. The molecule has 0 bridgehead atoms. The minimum Gasteiger partial charge on any atom is -0.462 e. The summed E-state index contributed by atoms with van der Waals surface area (Å²) in [6, 6.07) is 0. The summed E-state index contributed by atoms with van der Waals surface area (Å²) in [5.74, 6) is 0.718. The van der Waals surface area contributed by atoms with Gasteiger partial charge in [-0.15, -0.1) is 0 Å². The van der Waals surface area contributed by atoms with Crippen LogP contribution in [0.2, 0.25) is 0 Å². The Balaban J connectivity index is 2.28. The lowest BCUT2D eigenvalue weighted by Crippen LogP contribution is -2.32. The summed E-state index contributed by atoms with van der Waals surface area (Å²) in [7, 11) is 0. The first-order chi connectivity index (χ1) is 7.08. The predicted octanol–water partition coefficient (Wildman–Crippen LogP) is 2.06. The molecular formula is C12H23NO2. The van der Waals surface area contributed by atoms with Gasteiger partial charge in [0.1, 0.15) is 0 Å². The van der Waals surface area contributed by atoms with Gasteiger partial charge in [0.2, 0.25) is 0 Å². The van der Waals surface area contributed by atoms with E-state index in [1.54, 1.807) is 0 Å². The van der Waals surface area contributed by atoms with Crippen LogP contribution in [0.4, 0.5) is 0 Å². The number of nitrogens with zero attached hydrogens (tertiary/aromatic N) is 1. The van der Waals surface area contributed by atoms with Gasteiger partial charge in [-0.2, -0.15) is 0 Å². The van der Waals surface area contributed by atoms with Gasteiger partial charge < -0.3 is 4.74 Å². The minimum atomic E-state index is -0.0837. The highest BCUT2D eigenvalue weighted by Crippen LogP contribution is 2.16. The maximum Gasteiger partial charge on any atom is 0.320 e. The number of hydrogen-bond donors (Lipinski definition) is 0. The van der Waals surface area contributed by atoms with Crippen LogP contribution in [-0.4, -0.2) is 36.6 Å². The Morgan fingerprint density at radius 3 is 2.80 bits per heavy atom. The van der Waals surface area contributed by atoms with E-state index in [0.29, 0.717) is 6.54 Å². The van der Waals surface area contributed by atoms with E-state index in [1.165, 1.54) is 19.3 Å². The van der Waals surface area contributed by atoms with Crippen LogP contribution >= 0.6 is 0 Å². The number of hydrogen-bond acceptors (Lipinski definition) is 3. The van der Waals surface area contributed by atoms with Crippen molar-refractivity contribution in [2.24, 2.45) is 5.92 Å². The summed E-state index contributed by atoms with van der Waals surface area (Å²) in [6.07, 6.45) is 3.70. The molecule has 88 valence electrons. The average Bonchev–Trinajstić information content (AvgIpc) is 2.29. The number of carbonyl (C=O) groups is 1. The number of esters is 1. The van der Waals surface area contributed by atoms with E-state index in [2.05, 4.69) is 11.8 Å². The lowest BCUT2D eigenvalue weighted by Gasteiger charge is -2.19. The second kappa shape index (κ2) is 6.11. The van der Waals surface area contributed by atoms with Gasteiger partial charge in [0.25, 0.3) is 0 Å². The lowest BCUT2D eigenvalue weighted by molar-refractivity contribution is -0.148. The molecular weight excluding hydrogens is 190 g/mol. The molecule has 1 fully saturated rings. The van der Waals surface area contributed by atoms with E-state index < -0.39 is 0 Å². The Hall–Kier alpha value is -0.570. The SMILES string of the molecule is CC1CCCN(CC(=O)OC(C)C)CC1. The summed E-state index contributed by atoms with van der Waals surface area (Å²) < 4.78 is 5.14. The molecule has 0 aromatic rings. The van der Waals surface area contributed by atoms with Crippen molar-refractivity contribution in [2.45, 2.75) is 46.1 Å². The average molecular weight is 213 g/mol. The first-order valence-corrected chi connectivity index (χ1v) is 5.99. The summed E-state index contributed by atoms with van der Waals surface area (Å²) in [5.41, 5.74) is 0. The fourth-order valence-corrected chi connectivity index (χ4v) is 1.96. The highest BCUT2D eigenvalue weighted by Gasteiger charge is 2.17. The molecule has 0 N–H and O–H groups in total. The Labute approximate surface area is 92.8 Å². The third kappa shape index (κ3) is 5.17. The standard InChI is InChI=1S/C12H23NO2/c1-10(2)15-12(14)9-13-7-4-5-11(3)6-8-13/h10-11H,4-9H2,1-3H3. The molecule has 1 aliphatic rings. The molecule has 0 aliphatic carbocycles. The van der Waals surface area contributed by atoms with Crippen LogP contribution in [0.3, 0.4) is 0 Å². The molecule has 1 saturated heterocycles. The Kier molecular flexibility index (Phi) is 5.09. The molecule has 0 amide bonds. The summed E-state index contributed by atoms with van der Waals surface area (Å²) in [4.78, 5) is 13.7. The summed E-state index contributed by atoms with van der Waals surface area (Å²) in [5, 5.41) is 0.